The highest BCUT2D eigenvalue weighted by Gasteiger charge is 2.41. The summed E-state index contributed by atoms with van der Waals surface area (Å²) < 4.78 is 1.95. The summed E-state index contributed by atoms with van der Waals surface area (Å²) in [5, 5.41) is 15.1. The number of piperidine rings is 1. The number of fused-ring (bicyclic) bond motifs is 2. The highest BCUT2D eigenvalue weighted by atomic mass is 16.2. The van der Waals surface area contributed by atoms with Gasteiger partial charge in [-0.25, -0.2) is 4.98 Å². The van der Waals surface area contributed by atoms with Crippen molar-refractivity contribution in [1.29, 1.82) is 0 Å². The van der Waals surface area contributed by atoms with E-state index in [1.165, 1.54) is 11.3 Å². The lowest BCUT2D eigenvalue weighted by Gasteiger charge is -2.47. The van der Waals surface area contributed by atoms with Crippen LogP contribution in [0.3, 0.4) is 0 Å². The monoisotopic (exact) mass is 425 g/mol. The number of nitrogens with one attached hydrogen (secondary N) is 3. The molecule has 0 saturated carbocycles. The molecule has 5 rings (SSSR count). The lowest BCUT2D eigenvalue weighted by atomic mass is 9.79. The summed E-state index contributed by atoms with van der Waals surface area (Å²) in [5.41, 5.74) is 3.39. The van der Waals surface area contributed by atoms with E-state index in [0.717, 1.165) is 63.3 Å². The molecular weight excluding hydrogens is 390 g/mol. The minimum atomic E-state index is 0.0273. The topological polar surface area (TPSA) is 86.6 Å². The number of rotatable bonds is 3. The summed E-state index contributed by atoms with van der Waals surface area (Å²) in [6.45, 7) is 12.3. The first-order valence-corrected chi connectivity index (χ1v) is 11.6. The van der Waals surface area contributed by atoms with Crippen molar-refractivity contribution in [2.45, 2.75) is 70.5 Å². The Morgan fingerprint density at radius 1 is 1.13 bits per heavy atom. The van der Waals surface area contributed by atoms with E-state index >= 15 is 0 Å². The van der Waals surface area contributed by atoms with Crippen LogP contribution in [0.15, 0.2) is 12.3 Å². The number of anilines is 1. The van der Waals surface area contributed by atoms with Gasteiger partial charge >= 0.3 is 0 Å². The average Bonchev–Trinajstić information content (AvgIpc) is 2.94. The molecule has 0 unspecified atom stereocenters. The highest BCUT2D eigenvalue weighted by Crippen LogP contribution is 2.33. The molecule has 2 fully saturated rings. The molecule has 3 aliphatic heterocycles. The second-order valence-electron chi connectivity index (χ2n) is 10.8. The summed E-state index contributed by atoms with van der Waals surface area (Å²) in [6, 6.07) is 2.18. The minimum absolute atomic E-state index is 0.0273. The Morgan fingerprint density at radius 2 is 1.84 bits per heavy atom. The standard InChI is InChI=1S/C23H35N7O/c1-22(2)11-16(12-23(3,4)28-22)26-20(31)15-13-29(14-15)21-17-5-8-24-9-6-18(17)27-19-7-10-25-30(19)21/h7,10,15-16,24,28H,5-6,8-9,11-14H2,1-4H3,(H,26,31). The Labute approximate surface area is 184 Å². The third kappa shape index (κ3) is 4.03. The number of aromatic nitrogens is 3. The van der Waals surface area contributed by atoms with Crippen molar-refractivity contribution in [3.05, 3.63) is 23.5 Å². The molecular formula is C23H35N7O. The molecule has 168 valence electrons. The zero-order chi connectivity index (χ0) is 21.8. The Morgan fingerprint density at radius 3 is 2.58 bits per heavy atom. The fraction of sp³-hybridized carbons (Fsp3) is 0.696. The second-order valence-corrected chi connectivity index (χ2v) is 10.8. The van der Waals surface area contributed by atoms with Gasteiger partial charge < -0.3 is 20.9 Å². The molecule has 0 atom stereocenters. The quantitative estimate of drug-likeness (QED) is 0.687. The number of amides is 1. The Balaban J connectivity index is 1.30. The second kappa shape index (κ2) is 7.45. The number of hydrogen-bond donors (Lipinski definition) is 3. The van der Waals surface area contributed by atoms with E-state index in [2.05, 4.69) is 53.6 Å². The van der Waals surface area contributed by atoms with Gasteiger partial charge in [0, 0.05) is 54.8 Å². The van der Waals surface area contributed by atoms with Gasteiger partial charge in [0.2, 0.25) is 5.91 Å². The van der Waals surface area contributed by atoms with Gasteiger partial charge in [-0.1, -0.05) is 0 Å². The molecule has 0 bridgehead atoms. The molecule has 0 spiro atoms. The summed E-state index contributed by atoms with van der Waals surface area (Å²) in [5.74, 6) is 1.34. The maximum Gasteiger partial charge on any atom is 0.226 e. The van der Waals surface area contributed by atoms with Crippen LogP contribution in [0.25, 0.3) is 5.65 Å². The maximum atomic E-state index is 13.0. The van der Waals surface area contributed by atoms with Crippen LogP contribution in [0, 0.1) is 5.92 Å². The summed E-state index contributed by atoms with van der Waals surface area (Å²) >= 11 is 0. The normalized spacial score (nSPS) is 23.8. The van der Waals surface area contributed by atoms with E-state index in [9.17, 15) is 4.79 Å². The largest absolute Gasteiger partial charge is 0.354 e. The van der Waals surface area contributed by atoms with Crippen molar-refractivity contribution < 1.29 is 4.79 Å². The molecule has 8 nitrogen and oxygen atoms in total. The van der Waals surface area contributed by atoms with Gasteiger partial charge in [-0.2, -0.15) is 9.61 Å². The van der Waals surface area contributed by atoms with Gasteiger partial charge in [0.1, 0.15) is 5.82 Å². The minimum Gasteiger partial charge on any atom is -0.354 e. The van der Waals surface area contributed by atoms with Crippen LogP contribution in [0.4, 0.5) is 5.82 Å². The molecule has 3 aliphatic rings. The molecule has 0 radical (unpaired) electrons. The maximum absolute atomic E-state index is 13.0. The molecule has 0 aromatic carbocycles. The van der Waals surface area contributed by atoms with Gasteiger partial charge in [-0.05, 0) is 53.5 Å². The van der Waals surface area contributed by atoms with Gasteiger partial charge in [0.25, 0.3) is 0 Å². The van der Waals surface area contributed by atoms with Crippen LogP contribution in [0.2, 0.25) is 0 Å². The molecule has 2 aromatic heterocycles. The zero-order valence-corrected chi connectivity index (χ0v) is 19.2. The first-order valence-electron chi connectivity index (χ1n) is 11.6. The van der Waals surface area contributed by atoms with E-state index in [-0.39, 0.29) is 28.9 Å². The summed E-state index contributed by atoms with van der Waals surface area (Å²) in [7, 11) is 0. The lowest BCUT2D eigenvalue weighted by molar-refractivity contribution is -0.127. The lowest BCUT2D eigenvalue weighted by Crippen LogP contribution is -2.63. The molecule has 31 heavy (non-hydrogen) atoms. The number of nitrogens with zero attached hydrogens (tertiary/aromatic N) is 4. The van der Waals surface area contributed by atoms with E-state index in [0.29, 0.717) is 0 Å². The van der Waals surface area contributed by atoms with E-state index < -0.39 is 0 Å². The van der Waals surface area contributed by atoms with Gasteiger partial charge in [-0.15, -0.1) is 0 Å². The molecule has 5 heterocycles. The number of carbonyl (C=O) groups is 1. The highest BCUT2D eigenvalue weighted by molar-refractivity contribution is 5.82. The molecule has 2 aromatic rings. The smallest absolute Gasteiger partial charge is 0.226 e. The van der Waals surface area contributed by atoms with Crippen LogP contribution in [0.5, 0.6) is 0 Å². The predicted molar refractivity (Wildman–Crippen MR) is 121 cm³/mol. The first-order chi connectivity index (χ1) is 14.7. The number of carbonyl (C=O) groups excluding carboxylic acids is 1. The van der Waals surface area contributed by atoms with Gasteiger partial charge in [0.15, 0.2) is 5.65 Å². The zero-order valence-electron chi connectivity index (χ0n) is 19.2. The molecule has 8 heteroatoms. The van der Waals surface area contributed by atoms with Crippen molar-refractivity contribution in [3.63, 3.8) is 0 Å². The Bertz CT molecular complexity index is 973. The van der Waals surface area contributed by atoms with Crippen molar-refractivity contribution >= 4 is 17.4 Å². The van der Waals surface area contributed by atoms with Crippen molar-refractivity contribution in [3.8, 4) is 0 Å². The predicted octanol–water partition coefficient (Wildman–Crippen LogP) is 1.28. The fourth-order valence-corrected chi connectivity index (χ4v) is 5.90. The van der Waals surface area contributed by atoms with Crippen LogP contribution < -0.4 is 20.9 Å². The first kappa shape index (κ1) is 20.7. The van der Waals surface area contributed by atoms with E-state index in [1.807, 2.05) is 16.8 Å². The Hall–Kier alpha value is -2.19. The fourth-order valence-electron chi connectivity index (χ4n) is 5.90. The van der Waals surface area contributed by atoms with Crippen LogP contribution in [-0.2, 0) is 17.6 Å². The average molecular weight is 426 g/mol. The summed E-state index contributed by atoms with van der Waals surface area (Å²) in [4.78, 5) is 20.2. The van der Waals surface area contributed by atoms with Crippen LogP contribution in [0.1, 0.15) is 51.8 Å². The van der Waals surface area contributed by atoms with E-state index in [4.69, 9.17) is 4.98 Å². The van der Waals surface area contributed by atoms with Gasteiger partial charge in [-0.3, -0.25) is 4.79 Å². The molecule has 1 amide bonds. The van der Waals surface area contributed by atoms with Gasteiger partial charge in [0.05, 0.1) is 17.8 Å². The third-order valence-corrected chi connectivity index (χ3v) is 6.87. The van der Waals surface area contributed by atoms with Crippen LogP contribution >= 0.6 is 0 Å². The molecule has 0 aliphatic carbocycles. The third-order valence-electron chi connectivity index (χ3n) is 6.87. The summed E-state index contributed by atoms with van der Waals surface area (Å²) in [6.07, 6.45) is 5.60. The molecule has 3 N–H and O–H groups in total. The SMILES string of the molecule is CC1(C)CC(NC(=O)C2CN(c3c4c(nc5ccnn35)CCNCC4)C2)CC(C)(C)N1. The number of hydrogen-bond acceptors (Lipinski definition) is 6. The van der Waals surface area contributed by atoms with E-state index in [1.54, 1.807) is 0 Å². The van der Waals surface area contributed by atoms with Crippen molar-refractivity contribution in [1.82, 2.24) is 30.5 Å². The Kier molecular flexibility index (Phi) is 4.97. The van der Waals surface area contributed by atoms with Crippen LogP contribution in [-0.4, -0.2) is 63.8 Å². The molecule has 2 saturated heterocycles. The van der Waals surface area contributed by atoms with Crippen molar-refractivity contribution in [2.75, 3.05) is 31.1 Å². The van der Waals surface area contributed by atoms with Crippen molar-refractivity contribution in [2.24, 2.45) is 5.92 Å².